The SMILES string of the molecule is Cc1cccnc1-c1nc2cc(Nc3ccc(C4CCOCC4)c(N4C[C@@H]5C[C@H]4CN5)n3)ncc2s1. The van der Waals surface area contributed by atoms with Crippen LogP contribution in [0.3, 0.4) is 0 Å². The average molecular weight is 500 g/mol. The Balaban J connectivity index is 1.20. The number of nitrogens with zero attached hydrogens (tertiary/aromatic N) is 5. The molecule has 0 spiro atoms. The number of hydrogen-bond acceptors (Lipinski definition) is 9. The lowest BCUT2D eigenvalue weighted by Crippen LogP contribution is -2.44. The van der Waals surface area contributed by atoms with Crippen LogP contribution >= 0.6 is 11.3 Å². The van der Waals surface area contributed by atoms with Gasteiger partial charge in [0.2, 0.25) is 0 Å². The highest BCUT2D eigenvalue weighted by Gasteiger charge is 2.39. The molecule has 7 rings (SSSR count). The summed E-state index contributed by atoms with van der Waals surface area (Å²) in [5, 5.41) is 7.99. The maximum atomic E-state index is 5.64. The molecule has 4 aromatic rings. The molecule has 3 aliphatic heterocycles. The van der Waals surface area contributed by atoms with Crippen molar-refractivity contribution in [1.29, 1.82) is 0 Å². The second kappa shape index (κ2) is 9.06. The van der Waals surface area contributed by atoms with E-state index in [9.17, 15) is 0 Å². The number of hydrogen-bond donors (Lipinski definition) is 2. The molecule has 0 amide bonds. The number of rotatable bonds is 5. The molecule has 7 heterocycles. The second-order valence-electron chi connectivity index (χ2n) is 9.99. The third kappa shape index (κ3) is 4.01. The van der Waals surface area contributed by atoms with E-state index in [1.165, 1.54) is 12.0 Å². The average Bonchev–Trinajstić information content (AvgIpc) is 3.65. The summed E-state index contributed by atoms with van der Waals surface area (Å²) >= 11 is 1.62. The Morgan fingerprint density at radius 1 is 1.11 bits per heavy atom. The van der Waals surface area contributed by atoms with Gasteiger partial charge in [-0.1, -0.05) is 12.1 Å². The van der Waals surface area contributed by atoms with Crippen molar-refractivity contribution in [1.82, 2.24) is 25.3 Å². The summed E-state index contributed by atoms with van der Waals surface area (Å²) in [7, 11) is 0. The van der Waals surface area contributed by atoms with Crippen molar-refractivity contribution < 1.29 is 4.74 Å². The normalized spacial score (nSPS) is 22.0. The fraction of sp³-hybridized carbons (Fsp3) is 0.407. The number of fused-ring (bicyclic) bond motifs is 3. The van der Waals surface area contributed by atoms with Crippen molar-refractivity contribution in [3.8, 4) is 10.7 Å². The lowest BCUT2D eigenvalue weighted by Gasteiger charge is -2.33. The fourth-order valence-corrected chi connectivity index (χ4v) is 6.73. The van der Waals surface area contributed by atoms with Gasteiger partial charge in [-0.3, -0.25) is 4.98 Å². The van der Waals surface area contributed by atoms with Crippen LogP contribution in [0, 0.1) is 6.92 Å². The minimum absolute atomic E-state index is 0.500. The van der Waals surface area contributed by atoms with Gasteiger partial charge in [0, 0.05) is 56.8 Å². The molecule has 3 saturated heterocycles. The van der Waals surface area contributed by atoms with Gasteiger partial charge in [0.25, 0.3) is 0 Å². The molecule has 2 atom stereocenters. The van der Waals surface area contributed by atoms with Crippen molar-refractivity contribution in [3.05, 3.63) is 53.9 Å². The Morgan fingerprint density at radius 2 is 2.03 bits per heavy atom. The van der Waals surface area contributed by atoms with Crippen LogP contribution in [0.25, 0.3) is 20.9 Å². The topological polar surface area (TPSA) is 88.1 Å². The van der Waals surface area contributed by atoms with E-state index in [0.717, 1.165) is 83.1 Å². The maximum Gasteiger partial charge on any atom is 0.143 e. The second-order valence-corrected chi connectivity index (χ2v) is 11.0. The van der Waals surface area contributed by atoms with Gasteiger partial charge in [0.05, 0.1) is 10.2 Å². The standard InChI is InChI=1S/C27H29N7OS/c1-16-3-2-8-28-25(16)27-31-21-12-24(30-14-22(21)36-27)32-23-5-4-20(17-6-9-35-10-7-17)26(33-23)34-15-18-11-19(34)13-29-18/h2-5,8,12,14,17-19,29H,6-7,9-11,13,15H2,1H3,(H,30,32,33)/t18-,19-/m0/s1. The lowest BCUT2D eigenvalue weighted by molar-refractivity contribution is 0.0853. The molecule has 3 aliphatic rings. The largest absolute Gasteiger partial charge is 0.381 e. The molecule has 4 aromatic heterocycles. The smallest absolute Gasteiger partial charge is 0.143 e. The van der Waals surface area contributed by atoms with Gasteiger partial charge in [-0.2, -0.15) is 0 Å². The summed E-state index contributed by atoms with van der Waals surface area (Å²) in [6, 6.07) is 11.5. The van der Waals surface area contributed by atoms with Gasteiger partial charge in [-0.15, -0.1) is 11.3 Å². The van der Waals surface area contributed by atoms with E-state index in [4.69, 9.17) is 14.7 Å². The predicted molar refractivity (Wildman–Crippen MR) is 143 cm³/mol. The number of aromatic nitrogens is 4. The van der Waals surface area contributed by atoms with Crippen LogP contribution in [-0.4, -0.2) is 58.3 Å². The third-order valence-electron chi connectivity index (χ3n) is 7.64. The summed E-state index contributed by atoms with van der Waals surface area (Å²) < 4.78 is 6.68. The lowest BCUT2D eigenvalue weighted by atomic mass is 9.91. The van der Waals surface area contributed by atoms with Gasteiger partial charge >= 0.3 is 0 Å². The predicted octanol–water partition coefficient (Wildman–Crippen LogP) is 4.64. The van der Waals surface area contributed by atoms with E-state index in [-0.39, 0.29) is 0 Å². The van der Waals surface area contributed by atoms with E-state index < -0.39 is 0 Å². The van der Waals surface area contributed by atoms with Crippen LogP contribution in [0.15, 0.2) is 42.7 Å². The summed E-state index contributed by atoms with van der Waals surface area (Å²) in [4.78, 5) is 21.7. The van der Waals surface area contributed by atoms with Crippen LogP contribution in [0.5, 0.6) is 0 Å². The van der Waals surface area contributed by atoms with Crippen LogP contribution < -0.4 is 15.5 Å². The Bertz CT molecular complexity index is 1420. The molecule has 36 heavy (non-hydrogen) atoms. The van der Waals surface area contributed by atoms with Crippen molar-refractivity contribution in [2.75, 3.05) is 36.5 Å². The number of anilines is 3. The van der Waals surface area contributed by atoms with E-state index in [1.807, 2.05) is 24.5 Å². The van der Waals surface area contributed by atoms with Crippen molar-refractivity contribution in [2.45, 2.75) is 44.2 Å². The van der Waals surface area contributed by atoms with Crippen LogP contribution in [0.2, 0.25) is 0 Å². The number of piperazine rings is 1. The Morgan fingerprint density at radius 3 is 2.83 bits per heavy atom. The summed E-state index contributed by atoms with van der Waals surface area (Å²) in [5.41, 5.74) is 4.32. The molecule has 0 aromatic carbocycles. The van der Waals surface area contributed by atoms with Gasteiger partial charge < -0.3 is 20.3 Å². The molecule has 2 N–H and O–H groups in total. The minimum atomic E-state index is 0.500. The van der Waals surface area contributed by atoms with Crippen LogP contribution in [0.1, 0.15) is 36.3 Å². The highest BCUT2D eigenvalue weighted by Crippen LogP contribution is 2.38. The van der Waals surface area contributed by atoms with E-state index in [0.29, 0.717) is 18.0 Å². The molecular formula is C27H29N7OS. The van der Waals surface area contributed by atoms with Crippen LogP contribution in [0.4, 0.5) is 17.5 Å². The highest BCUT2D eigenvalue weighted by atomic mass is 32.1. The fourth-order valence-electron chi connectivity index (χ4n) is 5.75. The molecule has 2 bridgehead atoms. The molecule has 0 unspecified atom stereocenters. The number of pyridine rings is 3. The Hall–Kier alpha value is -3.14. The number of ether oxygens (including phenoxy) is 1. The maximum absolute atomic E-state index is 5.64. The monoisotopic (exact) mass is 499 g/mol. The molecule has 9 heteroatoms. The molecule has 0 saturated carbocycles. The zero-order chi connectivity index (χ0) is 24.1. The van der Waals surface area contributed by atoms with Crippen molar-refractivity contribution >= 4 is 39.0 Å². The summed E-state index contributed by atoms with van der Waals surface area (Å²) in [5.74, 6) is 3.20. The molecule has 184 valence electrons. The summed E-state index contributed by atoms with van der Waals surface area (Å²) in [6.45, 7) is 5.78. The zero-order valence-corrected chi connectivity index (χ0v) is 21.1. The van der Waals surface area contributed by atoms with E-state index >= 15 is 0 Å². The van der Waals surface area contributed by atoms with E-state index in [1.54, 1.807) is 11.3 Å². The summed E-state index contributed by atoms with van der Waals surface area (Å²) in [6.07, 6.45) is 7.02. The molecule has 3 fully saturated rings. The molecule has 0 aliphatic carbocycles. The van der Waals surface area contributed by atoms with Crippen molar-refractivity contribution in [2.24, 2.45) is 0 Å². The van der Waals surface area contributed by atoms with Gasteiger partial charge in [-0.05, 0) is 55.4 Å². The Labute approximate surface area is 214 Å². The number of aryl methyl sites for hydroxylation is 1. The first-order valence-corrected chi connectivity index (χ1v) is 13.6. The molecule has 8 nitrogen and oxygen atoms in total. The van der Waals surface area contributed by atoms with Gasteiger partial charge in [-0.25, -0.2) is 15.0 Å². The Kier molecular flexibility index (Phi) is 5.56. The first-order valence-electron chi connectivity index (χ1n) is 12.8. The minimum Gasteiger partial charge on any atom is -0.381 e. The van der Waals surface area contributed by atoms with Gasteiger partial charge in [0.1, 0.15) is 28.2 Å². The third-order valence-corrected chi connectivity index (χ3v) is 8.65. The highest BCUT2D eigenvalue weighted by molar-refractivity contribution is 7.21. The van der Waals surface area contributed by atoms with Gasteiger partial charge in [0.15, 0.2) is 0 Å². The van der Waals surface area contributed by atoms with E-state index in [2.05, 4.69) is 50.6 Å². The zero-order valence-electron chi connectivity index (χ0n) is 20.3. The molecular weight excluding hydrogens is 470 g/mol. The number of thiazole rings is 1. The first-order chi connectivity index (χ1) is 17.7. The van der Waals surface area contributed by atoms with Crippen molar-refractivity contribution in [3.63, 3.8) is 0 Å². The van der Waals surface area contributed by atoms with Crippen LogP contribution in [-0.2, 0) is 4.74 Å². The first kappa shape index (κ1) is 22.1. The number of nitrogens with one attached hydrogen (secondary N) is 2. The molecule has 0 radical (unpaired) electrons. The quantitative estimate of drug-likeness (QED) is 0.411.